The quantitative estimate of drug-likeness (QED) is 0.757. The molecule has 0 bridgehead atoms. The van der Waals surface area contributed by atoms with E-state index in [4.69, 9.17) is 10.7 Å². The van der Waals surface area contributed by atoms with Crippen molar-refractivity contribution < 1.29 is 0 Å². The van der Waals surface area contributed by atoms with Crippen LogP contribution in [0.4, 0.5) is 0 Å². The van der Waals surface area contributed by atoms with Crippen molar-refractivity contribution in [1.82, 2.24) is 4.98 Å². The lowest BCUT2D eigenvalue weighted by atomic mass is 10.1. The van der Waals surface area contributed by atoms with Crippen molar-refractivity contribution in [2.75, 3.05) is 0 Å². The number of nitrogens with two attached hydrogens (primary N) is 1. The van der Waals surface area contributed by atoms with Crippen molar-refractivity contribution in [2.45, 2.75) is 13.8 Å². The summed E-state index contributed by atoms with van der Waals surface area (Å²) in [5.41, 5.74) is 11.6. The van der Waals surface area contributed by atoms with Gasteiger partial charge in [0.2, 0.25) is 0 Å². The van der Waals surface area contributed by atoms with Crippen LogP contribution in [-0.2, 0) is 0 Å². The third-order valence-electron chi connectivity index (χ3n) is 3.45. The van der Waals surface area contributed by atoms with E-state index in [0.717, 1.165) is 21.8 Å². The molecule has 1 heterocycles. The van der Waals surface area contributed by atoms with Gasteiger partial charge < -0.3 is 5.73 Å². The first-order valence-corrected chi connectivity index (χ1v) is 7.36. The topological polar surface area (TPSA) is 38.9 Å². The van der Waals surface area contributed by atoms with Crippen molar-refractivity contribution in [3.63, 3.8) is 0 Å². The zero-order valence-electron chi connectivity index (χ0n) is 11.6. The summed E-state index contributed by atoms with van der Waals surface area (Å²) < 4.78 is 1.19. The van der Waals surface area contributed by atoms with Crippen LogP contribution < -0.4 is 5.73 Å². The van der Waals surface area contributed by atoms with Crippen LogP contribution in [-0.4, -0.2) is 4.98 Å². The minimum absolute atomic E-state index is 0.717. The molecule has 0 amide bonds. The molecule has 0 aliphatic heterocycles. The second kappa shape index (κ2) is 5.10. The molecule has 0 aliphatic rings. The molecule has 3 heteroatoms. The minimum Gasteiger partial charge on any atom is -0.396 e. The fourth-order valence-electron chi connectivity index (χ4n) is 2.14. The number of aromatic nitrogens is 1. The molecule has 20 heavy (non-hydrogen) atoms. The van der Waals surface area contributed by atoms with E-state index in [9.17, 15) is 0 Å². The minimum atomic E-state index is 0.717. The van der Waals surface area contributed by atoms with Crippen LogP contribution in [0.5, 0.6) is 0 Å². The summed E-state index contributed by atoms with van der Waals surface area (Å²) in [6.45, 7) is 4.22. The number of thiazole rings is 1. The number of rotatable bonds is 2. The maximum atomic E-state index is 6.19. The zero-order chi connectivity index (χ0) is 14.1. The SMILES string of the molecule is Cc1ccc2sc(C(N)=Cc3ccccc3)nc2c1C. The van der Waals surface area contributed by atoms with E-state index in [1.165, 1.54) is 15.8 Å². The molecular weight excluding hydrogens is 264 g/mol. The number of fused-ring (bicyclic) bond motifs is 1. The van der Waals surface area contributed by atoms with E-state index < -0.39 is 0 Å². The maximum Gasteiger partial charge on any atom is 0.140 e. The second-order valence-electron chi connectivity index (χ2n) is 4.88. The third kappa shape index (κ3) is 2.32. The number of aryl methyl sites for hydroxylation is 2. The van der Waals surface area contributed by atoms with E-state index in [1.807, 2.05) is 36.4 Å². The first kappa shape index (κ1) is 12.9. The molecule has 0 saturated heterocycles. The van der Waals surface area contributed by atoms with Gasteiger partial charge in [-0.05, 0) is 42.7 Å². The van der Waals surface area contributed by atoms with Crippen LogP contribution in [0.1, 0.15) is 21.7 Å². The summed E-state index contributed by atoms with van der Waals surface area (Å²) in [6, 6.07) is 14.3. The molecule has 0 spiro atoms. The van der Waals surface area contributed by atoms with Gasteiger partial charge in [-0.2, -0.15) is 0 Å². The Hall–Kier alpha value is -2.13. The number of hydrogen-bond acceptors (Lipinski definition) is 3. The number of hydrogen-bond donors (Lipinski definition) is 1. The first-order valence-electron chi connectivity index (χ1n) is 6.54. The van der Waals surface area contributed by atoms with Crippen LogP contribution in [0.15, 0.2) is 42.5 Å². The summed E-state index contributed by atoms with van der Waals surface area (Å²) >= 11 is 1.64. The lowest BCUT2D eigenvalue weighted by Crippen LogP contribution is -1.95. The molecule has 2 N–H and O–H groups in total. The normalized spacial score (nSPS) is 12.0. The zero-order valence-corrected chi connectivity index (χ0v) is 12.4. The van der Waals surface area contributed by atoms with Crippen LogP contribution in [0.25, 0.3) is 22.0 Å². The second-order valence-corrected chi connectivity index (χ2v) is 5.91. The Kier molecular flexibility index (Phi) is 3.28. The number of benzene rings is 2. The van der Waals surface area contributed by atoms with E-state index in [2.05, 4.69) is 26.0 Å². The van der Waals surface area contributed by atoms with Crippen molar-refractivity contribution in [3.05, 3.63) is 64.2 Å². The van der Waals surface area contributed by atoms with Gasteiger partial charge in [0.15, 0.2) is 0 Å². The lowest BCUT2D eigenvalue weighted by molar-refractivity contribution is 1.32. The molecule has 100 valence electrons. The molecule has 0 aliphatic carbocycles. The predicted molar refractivity (Wildman–Crippen MR) is 87.6 cm³/mol. The highest BCUT2D eigenvalue weighted by atomic mass is 32.1. The van der Waals surface area contributed by atoms with Gasteiger partial charge in [0.1, 0.15) is 5.01 Å². The van der Waals surface area contributed by atoms with Crippen molar-refractivity contribution in [3.8, 4) is 0 Å². The van der Waals surface area contributed by atoms with Gasteiger partial charge in [-0.1, -0.05) is 36.4 Å². The predicted octanol–water partition coefficient (Wildman–Crippen LogP) is 4.37. The van der Waals surface area contributed by atoms with Crippen molar-refractivity contribution in [2.24, 2.45) is 5.73 Å². The Labute approximate surface area is 122 Å². The molecule has 3 rings (SSSR count). The molecule has 0 fully saturated rings. The van der Waals surface area contributed by atoms with E-state index in [1.54, 1.807) is 11.3 Å². The summed E-state index contributed by atoms with van der Waals surface area (Å²) in [7, 11) is 0. The third-order valence-corrected chi connectivity index (χ3v) is 4.52. The van der Waals surface area contributed by atoms with E-state index >= 15 is 0 Å². The fourth-order valence-corrected chi connectivity index (χ4v) is 3.09. The van der Waals surface area contributed by atoms with E-state index in [-0.39, 0.29) is 0 Å². The highest BCUT2D eigenvalue weighted by Crippen LogP contribution is 2.29. The first-order chi connectivity index (χ1) is 9.65. The molecule has 0 radical (unpaired) electrons. The highest BCUT2D eigenvalue weighted by molar-refractivity contribution is 7.19. The molecule has 0 saturated carbocycles. The average Bonchev–Trinajstić information content (AvgIpc) is 2.89. The molecular formula is C17H16N2S. The van der Waals surface area contributed by atoms with Gasteiger partial charge in [-0.15, -0.1) is 11.3 Å². The maximum absolute atomic E-state index is 6.19. The Morgan fingerprint density at radius 2 is 1.85 bits per heavy atom. The largest absolute Gasteiger partial charge is 0.396 e. The van der Waals surface area contributed by atoms with Crippen LogP contribution >= 0.6 is 11.3 Å². The standard InChI is InChI=1S/C17H16N2S/c1-11-8-9-15-16(12(11)2)19-17(20-15)14(18)10-13-6-4-3-5-7-13/h3-10H,18H2,1-2H3. The van der Waals surface area contributed by atoms with E-state index in [0.29, 0.717) is 0 Å². The van der Waals surface area contributed by atoms with Crippen molar-refractivity contribution in [1.29, 1.82) is 0 Å². The number of nitrogens with zero attached hydrogens (tertiary/aromatic N) is 1. The van der Waals surface area contributed by atoms with Gasteiger partial charge in [-0.25, -0.2) is 4.98 Å². The van der Waals surface area contributed by atoms with Gasteiger partial charge in [0, 0.05) is 0 Å². The Balaban J connectivity index is 2.07. The Bertz CT molecular complexity index is 785. The summed E-state index contributed by atoms with van der Waals surface area (Å²) in [6.07, 6.45) is 1.97. The highest BCUT2D eigenvalue weighted by Gasteiger charge is 2.09. The lowest BCUT2D eigenvalue weighted by Gasteiger charge is -1.98. The molecule has 0 unspecified atom stereocenters. The van der Waals surface area contributed by atoms with Crippen molar-refractivity contribution >= 4 is 33.3 Å². The molecule has 2 aromatic carbocycles. The van der Waals surface area contributed by atoms with Crippen LogP contribution in [0.3, 0.4) is 0 Å². The fraction of sp³-hybridized carbons (Fsp3) is 0.118. The molecule has 2 nitrogen and oxygen atoms in total. The Morgan fingerprint density at radius 1 is 1.10 bits per heavy atom. The van der Waals surface area contributed by atoms with Crippen LogP contribution in [0, 0.1) is 13.8 Å². The van der Waals surface area contributed by atoms with Gasteiger partial charge in [0.05, 0.1) is 15.9 Å². The van der Waals surface area contributed by atoms with Gasteiger partial charge >= 0.3 is 0 Å². The summed E-state index contributed by atoms with van der Waals surface area (Å²) in [4.78, 5) is 4.69. The summed E-state index contributed by atoms with van der Waals surface area (Å²) in [5.74, 6) is 0. The Morgan fingerprint density at radius 3 is 2.60 bits per heavy atom. The molecule has 1 aromatic heterocycles. The molecule has 0 atom stereocenters. The monoisotopic (exact) mass is 280 g/mol. The average molecular weight is 280 g/mol. The van der Waals surface area contributed by atoms with Crippen LogP contribution in [0.2, 0.25) is 0 Å². The summed E-state index contributed by atoms with van der Waals surface area (Å²) in [5, 5.41) is 0.887. The molecule has 3 aromatic rings. The van der Waals surface area contributed by atoms with Gasteiger partial charge in [0.25, 0.3) is 0 Å². The van der Waals surface area contributed by atoms with Gasteiger partial charge in [-0.3, -0.25) is 0 Å². The smallest absolute Gasteiger partial charge is 0.140 e.